The van der Waals surface area contributed by atoms with E-state index in [-0.39, 0.29) is 23.9 Å². The van der Waals surface area contributed by atoms with Crippen LogP contribution in [0.1, 0.15) is 17.5 Å². The van der Waals surface area contributed by atoms with Gasteiger partial charge in [0.2, 0.25) is 0 Å². The highest BCUT2D eigenvalue weighted by atomic mass is 16.6. The van der Waals surface area contributed by atoms with Gasteiger partial charge in [-0.05, 0) is 68.2 Å². The lowest BCUT2D eigenvalue weighted by Crippen LogP contribution is -2.36. The molecule has 2 aromatic carbocycles. The predicted molar refractivity (Wildman–Crippen MR) is 138 cm³/mol. The summed E-state index contributed by atoms with van der Waals surface area (Å²) in [5, 5.41) is 0. The van der Waals surface area contributed by atoms with Crippen LogP contribution in [-0.4, -0.2) is 83.0 Å². The first kappa shape index (κ1) is 26.6. The first-order valence-electron chi connectivity index (χ1n) is 12.6. The molecule has 2 aromatic rings. The summed E-state index contributed by atoms with van der Waals surface area (Å²) in [4.78, 5) is 29.3. The van der Waals surface area contributed by atoms with Crippen molar-refractivity contribution < 1.29 is 33.3 Å². The number of hydrogen-bond acceptors (Lipinski definition) is 8. The van der Waals surface area contributed by atoms with Gasteiger partial charge in [-0.15, -0.1) is 0 Å². The fraction of sp³-hybridized carbons (Fsp3) is 0.500. The topological polar surface area (TPSA) is 86.8 Å². The van der Waals surface area contributed by atoms with Gasteiger partial charge in [-0.25, -0.2) is 4.79 Å². The molecule has 0 aliphatic carbocycles. The SMILES string of the molecule is COc1ccc(C[C@H]2COC(=O)[C@@H]2Cc2ccc(OC(=O)N3CCCN(C)CC3)c(OC)c2)cc1OC. The fourth-order valence-electron chi connectivity index (χ4n) is 4.93. The maximum atomic E-state index is 12.8. The van der Waals surface area contributed by atoms with Crippen molar-refractivity contribution in [2.45, 2.75) is 19.3 Å². The van der Waals surface area contributed by atoms with Gasteiger partial charge in [0.15, 0.2) is 23.0 Å². The number of benzene rings is 2. The average molecular weight is 513 g/mol. The summed E-state index contributed by atoms with van der Waals surface area (Å²) in [6.07, 6.45) is 1.70. The number of rotatable bonds is 8. The summed E-state index contributed by atoms with van der Waals surface area (Å²) >= 11 is 0. The standard InChI is InChI=1S/C28H36N2O7/c1-29-10-5-11-30(13-12-29)28(32)37-24-9-7-20(17-26(24)35-4)15-22-21(18-36-27(22)31)14-19-6-8-23(33-2)25(16-19)34-3/h6-9,16-17,21-22H,5,10-15,18H2,1-4H3/t21-,22+/m0/s1. The number of carbonyl (C=O) groups is 2. The van der Waals surface area contributed by atoms with E-state index in [2.05, 4.69) is 11.9 Å². The normalized spacial score (nSPS) is 20.2. The minimum Gasteiger partial charge on any atom is -0.493 e. The summed E-state index contributed by atoms with van der Waals surface area (Å²) in [5.41, 5.74) is 1.96. The number of carbonyl (C=O) groups excluding carboxylic acids is 2. The smallest absolute Gasteiger partial charge is 0.415 e. The highest BCUT2D eigenvalue weighted by molar-refractivity contribution is 5.75. The highest BCUT2D eigenvalue weighted by Crippen LogP contribution is 2.35. The summed E-state index contributed by atoms with van der Waals surface area (Å²) in [5.74, 6) is 1.67. The van der Waals surface area contributed by atoms with Crippen LogP contribution in [0.4, 0.5) is 4.79 Å². The monoisotopic (exact) mass is 512 g/mol. The number of methoxy groups -OCH3 is 3. The molecule has 200 valence electrons. The molecule has 0 N–H and O–H groups in total. The van der Waals surface area contributed by atoms with Crippen LogP contribution in [0, 0.1) is 11.8 Å². The molecular weight excluding hydrogens is 476 g/mol. The van der Waals surface area contributed by atoms with E-state index in [1.807, 2.05) is 30.3 Å². The second kappa shape index (κ2) is 12.2. The molecule has 9 heteroatoms. The third-order valence-electron chi connectivity index (χ3n) is 7.12. The molecule has 0 aromatic heterocycles. The Bertz CT molecular complexity index is 1110. The molecule has 2 heterocycles. The number of hydrogen-bond donors (Lipinski definition) is 0. The van der Waals surface area contributed by atoms with Gasteiger partial charge < -0.3 is 33.5 Å². The predicted octanol–water partition coefficient (Wildman–Crippen LogP) is 3.42. The minimum absolute atomic E-state index is 0.0234. The van der Waals surface area contributed by atoms with Crippen LogP contribution < -0.4 is 18.9 Å². The van der Waals surface area contributed by atoms with Crippen LogP contribution in [0.2, 0.25) is 0 Å². The zero-order chi connectivity index (χ0) is 26.4. The maximum absolute atomic E-state index is 12.8. The maximum Gasteiger partial charge on any atom is 0.415 e. The van der Waals surface area contributed by atoms with Crippen molar-refractivity contribution in [3.8, 4) is 23.0 Å². The molecule has 2 saturated heterocycles. The largest absolute Gasteiger partial charge is 0.493 e. The van der Waals surface area contributed by atoms with E-state index < -0.39 is 0 Å². The van der Waals surface area contributed by atoms with Gasteiger partial charge in [0.25, 0.3) is 0 Å². The molecule has 0 spiro atoms. The number of likely N-dealkylation sites (N-methyl/N-ethyl adjacent to an activating group) is 1. The molecule has 2 aliphatic heterocycles. The lowest BCUT2D eigenvalue weighted by molar-refractivity contribution is -0.141. The van der Waals surface area contributed by atoms with Crippen molar-refractivity contribution in [1.29, 1.82) is 0 Å². The van der Waals surface area contributed by atoms with Gasteiger partial charge in [0.1, 0.15) is 0 Å². The first-order chi connectivity index (χ1) is 17.9. The van der Waals surface area contributed by atoms with Crippen molar-refractivity contribution in [3.63, 3.8) is 0 Å². The summed E-state index contributed by atoms with van der Waals surface area (Å²) in [6.45, 7) is 3.43. The van der Waals surface area contributed by atoms with Gasteiger partial charge in [-0.2, -0.15) is 0 Å². The van der Waals surface area contributed by atoms with E-state index in [1.54, 1.807) is 32.3 Å². The summed E-state index contributed by atoms with van der Waals surface area (Å²) < 4.78 is 27.4. The van der Waals surface area contributed by atoms with E-state index >= 15 is 0 Å². The molecule has 2 aliphatic rings. The number of amides is 1. The molecule has 0 radical (unpaired) electrons. The van der Waals surface area contributed by atoms with Gasteiger partial charge in [-0.1, -0.05) is 12.1 Å². The van der Waals surface area contributed by atoms with Crippen LogP contribution >= 0.6 is 0 Å². The quantitative estimate of drug-likeness (QED) is 0.498. The number of esters is 1. The Balaban J connectivity index is 1.43. The Hall–Kier alpha value is -3.46. The molecular formula is C28H36N2O7. The van der Waals surface area contributed by atoms with Crippen molar-refractivity contribution in [2.24, 2.45) is 11.8 Å². The molecule has 1 amide bonds. The van der Waals surface area contributed by atoms with Gasteiger partial charge >= 0.3 is 12.1 Å². The number of nitrogens with zero attached hydrogens (tertiary/aromatic N) is 2. The molecule has 0 saturated carbocycles. The number of ether oxygens (including phenoxy) is 5. The van der Waals surface area contributed by atoms with Crippen LogP contribution in [0.25, 0.3) is 0 Å². The Labute approximate surface area is 218 Å². The lowest BCUT2D eigenvalue weighted by atomic mass is 9.85. The Kier molecular flexibility index (Phi) is 8.76. The van der Waals surface area contributed by atoms with Gasteiger partial charge in [-0.3, -0.25) is 4.79 Å². The van der Waals surface area contributed by atoms with Crippen molar-refractivity contribution in [3.05, 3.63) is 47.5 Å². The molecule has 2 fully saturated rings. The molecule has 2 atom stereocenters. The second-order valence-electron chi connectivity index (χ2n) is 9.59. The van der Waals surface area contributed by atoms with Gasteiger partial charge in [0.05, 0.1) is 33.9 Å². The lowest BCUT2D eigenvalue weighted by Gasteiger charge is -2.21. The highest BCUT2D eigenvalue weighted by Gasteiger charge is 2.37. The second-order valence-corrected chi connectivity index (χ2v) is 9.59. The van der Waals surface area contributed by atoms with Gasteiger partial charge in [0, 0.05) is 25.6 Å². The van der Waals surface area contributed by atoms with E-state index in [0.29, 0.717) is 55.5 Å². The Morgan fingerprint density at radius 3 is 2.22 bits per heavy atom. The average Bonchev–Trinajstić information content (AvgIpc) is 3.09. The van der Waals surface area contributed by atoms with E-state index in [0.717, 1.165) is 30.6 Å². The fourth-order valence-corrected chi connectivity index (χ4v) is 4.93. The third-order valence-corrected chi connectivity index (χ3v) is 7.12. The summed E-state index contributed by atoms with van der Waals surface area (Å²) in [7, 11) is 6.80. The van der Waals surface area contributed by atoms with E-state index in [1.165, 1.54) is 0 Å². The van der Waals surface area contributed by atoms with E-state index in [9.17, 15) is 9.59 Å². The minimum atomic E-state index is -0.379. The Morgan fingerprint density at radius 1 is 0.865 bits per heavy atom. The molecule has 0 unspecified atom stereocenters. The third kappa shape index (κ3) is 6.46. The zero-order valence-corrected chi connectivity index (χ0v) is 22.0. The zero-order valence-electron chi connectivity index (χ0n) is 22.0. The van der Waals surface area contributed by atoms with Crippen LogP contribution in [-0.2, 0) is 22.4 Å². The van der Waals surface area contributed by atoms with Crippen LogP contribution in [0.3, 0.4) is 0 Å². The Morgan fingerprint density at radius 2 is 1.51 bits per heavy atom. The van der Waals surface area contributed by atoms with Crippen LogP contribution in [0.15, 0.2) is 36.4 Å². The van der Waals surface area contributed by atoms with Crippen molar-refractivity contribution in [1.82, 2.24) is 9.80 Å². The first-order valence-corrected chi connectivity index (χ1v) is 12.6. The van der Waals surface area contributed by atoms with E-state index in [4.69, 9.17) is 23.7 Å². The molecule has 4 rings (SSSR count). The van der Waals surface area contributed by atoms with Crippen molar-refractivity contribution >= 4 is 12.1 Å². The molecule has 0 bridgehead atoms. The number of cyclic esters (lactones) is 1. The molecule has 9 nitrogen and oxygen atoms in total. The summed E-state index contributed by atoms with van der Waals surface area (Å²) in [6, 6.07) is 11.2. The molecule has 37 heavy (non-hydrogen) atoms. The van der Waals surface area contributed by atoms with Crippen LogP contribution in [0.5, 0.6) is 23.0 Å². The van der Waals surface area contributed by atoms with Crippen molar-refractivity contribution in [2.75, 3.05) is 61.2 Å².